The Bertz CT molecular complexity index is 533. The van der Waals surface area contributed by atoms with Gasteiger partial charge in [-0.25, -0.2) is 9.07 Å². The van der Waals surface area contributed by atoms with Gasteiger partial charge in [-0.15, -0.1) is 0 Å². The lowest BCUT2D eigenvalue weighted by atomic mass is 9.95. The summed E-state index contributed by atoms with van der Waals surface area (Å²) in [6.07, 6.45) is 3.45. The number of benzene rings is 1. The summed E-state index contributed by atoms with van der Waals surface area (Å²) < 4.78 is 16.7. The van der Waals surface area contributed by atoms with Gasteiger partial charge in [0.1, 0.15) is 0 Å². The Balaban J connectivity index is 2.06. The fourth-order valence-electron chi connectivity index (χ4n) is 2.41. The molecule has 1 heterocycles. The van der Waals surface area contributed by atoms with Crippen molar-refractivity contribution in [2.75, 3.05) is 6.54 Å². The Morgan fingerprint density at radius 2 is 2.00 bits per heavy atom. The van der Waals surface area contributed by atoms with E-state index in [1.54, 1.807) is 16.9 Å². The van der Waals surface area contributed by atoms with Crippen LogP contribution < -0.4 is 5.73 Å². The van der Waals surface area contributed by atoms with Crippen LogP contribution in [0.2, 0.25) is 0 Å². The van der Waals surface area contributed by atoms with Gasteiger partial charge in [0, 0.05) is 18.7 Å². The maximum atomic E-state index is 15.0. The van der Waals surface area contributed by atoms with Crippen LogP contribution in [0.25, 0.3) is 5.69 Å². The Morgan fingerprint density at radius 1 is 1.28 bits per heavy atom. The minimum absolute atomic E-state index is 0.0101. The van der Waals surface area contributed by atoms with Crippen molar-refractivity contribution in [1.82, 2.24) is 9.78 Å². The third-order valence-corrected chi connectivity index (χ3v) is 3.59. The van der Waals surface area contributed by atoms with Crippen LogP contribution in [0.3, 0.4) is 0 Å². The maximum Gasteiger partial charge on any atom is 0.167 e. The number of aromatic nitrogens is 2. The van der Waals surface area contributed by atoms with E-state index in [0.29, 0.717) is 5.69 Å². The molecule has 0 aliphatic heterocycles. The molecule has 18 heavy (non-hydrogen) atoms. The molecular formula is C14H16FN3. The molecule has 1 aliphatic carbocycles. The van der Waals surface area contributed by atoms with E-state index < -0.39 is 5.67 Å². The highest BCUT2D eigenvalue weighted by Crippen LogP contribution is 2.48. The fraction of sp³-hybridized carbons (Fsp3) is 0.357. The number of nitrogens with zero attached hydrogens (tertiary/aromatic N) is 2. The lowest BCUT2D eigenvalue weighted by molar-refractivity contribution is 0.133. The first kappa shape index (κ1) is 11.4. The minimum atomic E-state index is -1.45. The van der Waals surface area contributed by atoms with Crippen LogP contribution in [0.4, 0.5) is 4.39 Å². The van der Waals surface area contributed by atoms with Gasteiger partial charge in [-0.3, -0.25) is 0 Å². The van der Waals surface area contributed by atoms with Crippen molar-refractivity contribution in [1.29, 1.82) is 0 Å². The summed E-state index contributed by atoms with van der Waals surface area (Å²) in [7, 11) is 0. The van der Waals surface area contributed by atoms with E-state index in [0.717, 1.165) is 18.5 Å². The highest BCUT2D eigenvalue weighted by molar-refractivity contribution is 5.34. The van der Waals surface area contributed by atoms with Crippen molar-refractivity contribution in [2.45, 2.75) is 18.5 Å². The molecule has 1 atom stereocenters. The highest BCUT2D eigenvalue weighted by atomic mass is 19.1. The Labute approximate surface area is 105 Å². The van der Waals surface area contributed by atoms with E-state index in [1.165, 1.54) is 0 Å². The normalized spacial score (nSPS) is 18.6. The first-order valence-corrected chi connectivity index (χ1v) is 6.24. The van der Waals surface area contributed by atoms with Crippen molar-refractivity contribution in [3.8, 4) is 5.69 Å². The van der Waals surface area contributed by atoms with E-state index in [1.807, 2.05) is 30.3 Å². The average Bonchev–Trinajstić information content (AvgIpc) is 3.16. The number of para-hydroxylation sites is 1. The zero-order valence-electron chi connectivity index (χ0n) is 10.1. The van der Waals surface area contributed by atoms with E-state index in [9.17, 15) is 0 Å². The van der Waals surface area contributed by atoms with Gasteiger partial charge in [0.15, 0.2) is 5.67 Å². The predicted molar refractivity (Wildman–Crippen MR) is 68.1 cm³/mol. The summed E-state index contributed by atoms with van der Waals surface area (Å²) in [6.45, 7) is 0.0101. The number of rotatable bonds is 4. The topological polar surface area (TPSA) is 43.8 Å². The fourth-order valence-corrected chi connectivity index (χ4v) is 2.41. The van der Waals surface area contributed by atoms with Crippen molar-refractivity contribution in [3.63, 3.8) is 0 Å². The number of hydrogen-bond acceptors (Lipinski definition) is 2. The van der Waals surface area contributed by atoms with E-state index >= 15 is 4.39 Å². The molecule has 2 N–H and O–H groups in total. The molecule has 4 heteroatoms. The molecular weight excluding hydrogens is 229 g/mol. The minimum Gasteiger partial charge on any atom is -0.327 e. The molecule has 3 nitrogen and oxygen atoms in total. The van der Waals surface area contributed by atoms with Crippen molar-refractivity contribution < 1.29 is 4.39 Å². The van der Waals surface area contributed by atoms with E-state index in [2.05, 4.69) is 5.10 Å². The number of alkyl halides is 1. The Kier molecular flexibility index (Phi) is 2.67. The lowest BCUT2D eigenvalue weighted by Crippen LogP contribution is -2.34. The summed E-state index contributed by atoms with van der Waals surface area (Å²) >= 11 is 0. The Hall–Kier alpha value is -1.68. The third kappa shape index (κ3) is 1.73. The van der Waals surface area contributed by atoms with Gasteiger partial charge in [-0.2, -0.15) is 5.10 Å². The molecule has 1 unspecified atom stereocenters. The van der Waals surface area contributed by atoms with Gasteiger partial charge >= 0.3 is 0 Å². The molecule has 0 amide bonds. The molecule has 0 bridgehead atoms. The third-order valence-electron chi connectivity index (χ3n) is 3.59. The van der Waals surface area contributed by atoms with E-state index in [-0.39, 0.29) is 12.5 Å². The summed E-state index contributed by atoms with van der Waals surface area (Å²) in [5.41, 5.74) is 5.66. The molecule has 1 fully saturated rings. The molecule has 1 aromatic carbocycles. The molecule has 1 aliphatic rings. The van der Waals surface area contributed by atoms with Gasteiger partial charge in [0.2, 0.25) is 0 Å². The summed E-state index contributed by atoms with van der Waals surface area (Å²) in [4.78, 5) is 0. The first-order chi connectivity index (χ1) is 8.75. The van der Waals surface area contributed by atoms with Crippen molar-refractivity contribution in [2.24, 2.45) is 11.7 Å². The SMILES string of the molecule is NCC(F)(c1ccnn1-c1ccccc1)C1CC1. The van der Waals surface area contributed by atoms with E-state index in [4.69, 9.17) is 5.73 Å². The molecule has 1 aromatic heterocycles. The molecule has 0 radical (unpaired) electrons. The number of nitrogens with two attached hydrogens (primary N) is 1. The van der Waals surface area contributed by atoms with Crippen LogP contribution in [-0.4, -0.2) is 16.3 Å². The molecule has 0 saturated heterocycles. The van der Waals surface area contributed by atoms with Gasteiger partial charge in [0.05, 0.1) is 11.4 Å². The van der Waals surface area contributed by atoms with Crippen molar-refractivity contribution >= 4 is 0 Å². The summed E-state index contributed by atoms with van der Waals surface area (Å²) in [5, 5.41) is 4.23. The second-order valence-corrected chi connectivity index (χ2v) is 4.80. The van der Waals surface area contributed by atoms with Gasteiger partial charge in [-0.05, 0) is 31.0 Å². The summed E-state index contributed by atoms with van der Waals surface area (Å²) in [5.74, 6) is 0.0432. The van der Waals surface area contributed by atoms with Gasteiger partial charge in [-0.1, -0.05) is 18.2 Å². The zero-order valence-corrected chi connectivity index (χ0v) is 10.1. The molecule has 1 saturated carbocycles. The smallest absolute Gasteiger partial charge is 0.167 e. The van der Waals surface area contributed by atoms with Crippen LogP contribution in [-0.2, 0) is 5.67 Å². The number of halogens is 1. The lowest BCUT2D eigenvalue weighted by Gasteiger charge is -2.24. The highest BCUT2D eigenvalue weighted by Gasteiger charge is 2.48. The second-order valence-electron chi connectivity index (χ2n) is 4.80. The molecule has 2 aromatic rings. The van der Waals surface area contributed by atoms with Gasteiger partial charge < -0.3 is 5.73 Å². The maximum absolute atomic E-state index is 15.0. The molecule has 3 rings (SSSR count). The van der Waals surface area contributed by atoms with Crippen LogP contribution in [0.1, 0.15) is 18.5 Å². The predicted octanol–water partition coefficient (Wildman–Crippen LogP) is 2.41. The zero-order chi connectivity index (χ0) is 12.6. The quantitative estimate of drug-likeness (QED) is 0.899. The largest absolute Gasteiger partial charge is 0.327 e. The van der Waals surface area contributed by atoms with Crippen LogP contribution in [0, 0.1) is 5.92 Å². The van der Waals surface area contributed by atoms with Crippen molar-refractivity contribution in [3.05, 3.63) is 48.3 Å². The van der Waals surface area contributed by atoms with Crippen LogP contribution >= 0.6 is 0 Å². The first-order valence-electron chi connectivity index (χ1n) is 6.24. The Morgan fingerprint density at radius 3 is 2.61 bits per heavy atom. The summed E-state index contributed by atoms with van der Waals surface area (Å²) in [6, 6.07) is 11.3. The molecule has 0 spiro atoms. The monoisotopic (exact) mass is 245 g/mol. The standard InChI is InChI=1S/C14H16FN3/c15-14(10-16,11-6-7-11)13-8-9-17-18(13)12-4-2-1-3-5-12/h1-5,8-9,11H,6-7,10,16H2. The van der Waals surface area contributed by atoms with Crippen LogP contribution in [0.15, 0.2) is 42.6 Å². The van der Waals surface area contributed by atoms with Gasteiger partial charge in [0.25, 0.3) is 0 Å². The molecule has 94 valence electrons. The average molecular weight is 245 g/mol. The number of hydrogen-bond donors (Lipinski definition) is 1. The second kappa shape index (κ2) is 4.21. The van der Waals surface area contributed by atoms with Crippen LogP contribution in [0.5, 0.6) is 0 Å².